The summed E-state index contributed by atoms with van der Waals surface area (Å²) in [5, 5.41) is 1.56. The quantitative estimate of drug-likeness (QED) is 0.688. The van der Waals surface area contributed by atoms with Crippen LogP contribution in [-0.4, -0.2) is 9.52 Å². The van der Waals surface area contributed by atoms with Crippen molar-refractivity contribution in [3.8, 4) is 0 Å². The predicted molar refractivity (Wildman–Crippen MR) is 76.1 cm³/mol. The predicted octanol–water partition coefficient (Wildman–Crippen LogP) is 3.16. The third-order valence-corrected chi connectivity index (χ3v) is 7.12. The normalized spacial score (nSPS) is 13.9. The van der Waals surface area contributed by atoms with Crippen LogP contribution in [0.3, 0.4) is 0 Å². The van der Waals surface area contributed by atoms with E-state index in [-0.39, 0.29) is 9.52 Å². The highest BCUT2D eigenvalue weighted by molar-refractivity contribution is 6.55. The molecule has 1 radical (unpaired) electrons. The van der Waals surface area contributed by atoms with Crippen LogP contribution in [0.1, 0.15) is 41.5 Å². The smallest absolute Gasteiger partial charge is 0.0588 e. The summed E-state index contributed by atoms with van der Waals surface area (Å²) >= 11 is 0. The van der Waals surface area contributed by atoms with Gasteiger partial charge in [-0.3, -0.25) is 0 Å². The number of hydrogen-bond acceptors (Lipinski definition) is 0. The van der Waals surface area contributed by atoms with Crippen molar-refractivity contribution < 1.29 is 0 Å². The molecule has 0 amide bonds. The molecule has 0 aliphatic carbocycles. The van der Waals surface area contributed by atoms with E-state index in [0.29, 0.717) is 10.8 Å². The molecule has 1 heteroatoms. The van der Waals surface area contributed by atoms with E-state index < -0.39 is 0 Å². The maximum Gasteiger partial charge on any atom is 0.0588 e. The molecule has 0 spiro atoms. The summed E-state index contributed by atoms with van der Waals surface area (Å²) in [5.41, 5.74) is 1.64. The Bertz CT molecular complexity index is 300. The molecule has 16 heavy (non-hydrogen) atoms. The molecule has 0 aliphatic heterocycles. The topological polar surface area (TPSA) is 0 Å². The van der Waals surface area contributed by atoms with Crippen LogP contribution >= 0.6 is 0 Å². The van der Waals surface area contributed by atoms with Crippen LogP contribution in [0, 0.1) is 16.9 Å². The lowest BCUT2D eigenvalue weighted by atomic mass is 9.77. The second-order valence-electron chi connectivity index (χ2n) is 6.90. The minimum Gasteiger partial charge on any atom is -0.0666 e. The number of benzene rings is 1. The third kappa shape index (κ3) is 3.78. The monoisotopic (exact) mass is 233 g/mol. The fourth-order valence-electron chi connectivity index (χ4n) is 2.70. The summed E-state index contributed by atoms with van der Waals surface area (Å²) in [6, 6.07) is 11.7. The van der Waals surface area contributed by atoms with E-state index in [1.54, 1.807) is 5.19 Å². The Labute approximate surface area is 103 Å². The lowest BCUT2D eigenvalue weighted by Gasteiger charge is -2.41. The maximum atomic E-state index is 3.11. The van der Waals surface area contributed by atoms with Gasteiger partial charge >= 0.3 is 0 Å². The van der Waals surface area contributed by atoms with Crippen molar-refractivity contribution in [3.05, 3.63) is 30.3 Å². The zero-order valence-electron chi connectivity index (χ0n) is 11.6. The van der Waals surface area contributed by atoms with Gasteiger partial charge in [0, 0.05) is 0 Å². The Morgan fingerprint density at radius 3 is 1.75 bits per heavy atom. The molecule has 89 valence electrons. The van der Waals surface area contributed by atoms with Gasteiger partial charge in [-0.15, -0.1) is 0 Å². The molecule has 0 atom stereocenters. The molecule has 0 N–H and O–H groups in total. The van der Waals surface area contributed by atoms with Crippen molar-refractivity contribution in [2.75, 3.05) is 0 Å². The van der Waals surface area contributed by atoms with E-state index in [4.69, 9.17) is 0 Å². The Balaban J connectivity index is 2.89. The molecule has 0 unspecified atom stereocenters. The summed E-state index contributed by atoms with van der Waals surface area (Å²) in [5.74, 6) is 0. The van der Waals surface area contributed by atoms with Crippen LogP contribution < -0.4 is 5.19 Å². The molecule has 1 rings (SSSR count). The molecule has 1 aromatic carbocycles. The number of rotatable bonds is 2. The van der Waals surface area contributed by atoms with Crippen molar-refractivity contribution in [3.63, 3.8) is 0 Å². The van der Waals surface area contributed by atoms with Crippen LogP contribution in [-0.2, 0) is 0 Å². The van der Waals surface area contributed by atoms with Gasteiger partial charge in [0.15, 0.2) is 0 Å². The first kappa shape index (κ1) is 13.5. The molecule has 0 nitrogen and oxygen atoms in total. The largest absolute Gasteiger partial charge is 0.0666 e. The van der Waals surface area contributed by atoms with Crippen molar-refractivity contribution >= 4 is 14.7 Å². The molecule has 0 aliphatic rings. The highest BCUT2D eigenvalue weighted by atomic mass is 28.2. The average Bonchev–Trinajstić information content (AvgIpc) is 2.12. The van der Waals surface area contributed by atoms with Gasteiger partial charge in [0.2, 0.25) is 0 Å². The van der Waals surface area contributed by atoms with Gasteiger partial charge in [-0.1, -0.05) is 71.0 Å². The third-order valence-electron chi connectivity index (χ3n) is 3.32. The van der Waals surface area contributed by atoms with Crippen LogP contribution in [0.15, 0.2) is 24.3 Å². The first-order valence-corrected chi connectivity index (χ1v) is 7.68. The molecular weight excluding hydrogens is 208 g/mol. The van der Waals surface area contributed by atoms with Crippen molar-refractivity contribution in [1.29, 1.82) is 0 Å². The van der Waals surface area contributed by atoms with E-state index in [0.717, 1.165) is 5.54 Å². The lowest BCUT2D eigenvalue weighted by molar-refractivity contribution is 0.233. The first-order chi connectivity index (χ1) is 7.21. The van der Waals surface area contributed by atoms with E-state index in [9.17, 15) is 0 Å². The Hall–Kier alpha value is -0.563. The lowest BCUT2D eigenvalue weighted by Crippen LogP contribution is -2.36. The molecule has 0 fully saturated rings. The van der Waals surface area contributed by atoms with Gasteiger partial charge in [0.25, 0.3) is 0 Å². The van der Waals surface area contributed by atoms with E-state index in [1.807, 2.05) is 12.1 Å². The van der Waals surface area contributed by atoms with Crippen molar-refractivity contribution in [2.45, 2.75) is 47.1 Å². The molecule has 0 heterocycles. The molecule has 0 saturated carbocycles. The zero-order valence-corrected chi connectivity index (χ0v) is 13.0. The van der Waals surface area contributed by atoms with E-state index in [2.05, 4.69) is 59.7 Å². The zero-order chi connectivity index (χ0) is 12.4. The second-order valence-corrected chi connectivity index (χ2v) is 8.94. The summed E-state index contributed by atoms with van der Waals surface area (Å²) in [6.45, 7) is 14.3. The van der Waals surface area contributed by atoms with E-state index in [1.165, 1.54) is 0 Å². The van der Waals surface area contributed by atoms with Crippen LogP contribution in [0.2, 0.25) is 5.54 Å². The summed E-state index contributed by atoms with van der Waals surface area (Å²) in [7, 11) is -0.226. The highest BCUT2D eigenvalue weighted by Crippen LogP contribution is 2.44. The van der Waals surface area contributed by atoms with Crippen LogP contribution in [0.4, 0.5) is 0 Å². The Morgan fingerprint density at radius 2 is 1.38 bits per heavy atom. The van der Waals surface area contributed by atoms with Gasteiger partial charge in [0.05, 0.1) is 9.52 Å². The van der Waals surface area contributed by atoms with Gasteiger partial charge in [0.1, 0.15) is 0 Å². The second kappa shape index (κ2) is 4.75. The Morgan fingerprint density at radius 1 is 0.938 bits per heavy atom. The average molecular weight is 233 g/mol. The number of hydrogen-bond donors (Lipinski definition) is 0. The molecule has 0 aromatic heterocycles. The van der Waals surface area contributed by atoms with Gasteiger partial charge in [-0.25, -0.2) is 0 Å². The summed E-state index contributed by atoms with van der Waals surface area (Å²) in [4.78, 5) is 0. The first-order valence-electron chi connectivity index (χ1n) is 6.16. The fraction of sp³-hybridized carbons (Fsp3) is 0.600. The highest BCUT2D eigenvalue weighted by Gasteiger charge is 2.34. The van der Waals surface area contributed by atoms with Crippen molar-refractivity contribution in [2.24, 2.45) is 10.8 Å². The van der Waals surface area contributed by atoms with Gasteiger partial charge in [-0.05, 0) is 22.4 Å². The van der Waals surface area contributed by atoms with Crippen LogP contribution in [0.25, 0.3) is 0 Å². The van der Waals surface area contributed by atoms with E-state index >= 15 is 0 Å². The molecule has 0 saturated heterocycles. The minimum atomic E-state index is -0.226. The van der Waals surface area contributed by atoms with Crippen molar-refractivity contribution in [1.82, 2.24) is 0 Å². The Kier molecular flexibility index (Phi) is 4.00. The molecule has 1 aromatic rings. The van der Waals surface area contributed by atoms with Crippen LogP contribution in [0.5, 0.6) is 0 Å². The summed E-state index contributed by atoms with van der Waals surface area (Å²) < 4.78 is 0. The minimum absolute atomic E-state index is 0.226. The van der Waals surface area contributed by atoms with Gasteiger partial charge in [-0.2, -0.15) is 0 Å². The standard InChI is InChI=1S/C15H25Si/c1-14(2,3)13(15(4,5)6)16-12-10-8-7-9-11-12/h8-11,13H,16H2,1-6H3. The van der Waals surface area contributed by atoms with Gasteiger partial charge < -0.3 is 0 Å². The molecular formula is C15H25Si. The molecule has 0 bridgehead atoms. The SMILES string of the molecule is CC(C)(C)C([SiH2]c1cc[c]cc1)C(C)(C)C. The fourth-order valence-corrected chi connectivity index (χ4v) is 4.91. The summed E-state index contributed by atoms with van der Waals surface area (Å²) in [6.07, 6.45) is 0. The maximum absolute atomic E-state index is 3.11.